The Labute approximate surface area is 90.0 Å². The molecule has 0 bridgehead atoms. The number of hydrogen-bond donors (Lipinski definition) is 2. The Morgan fingerprint density at radius 1 is 1.67 bits per heavy atom. The summed E-state index contributed by atoms with van der Waals surface area (Å²) in [4.78, 5) is 11.7. The number of amides is 1. The van der Waals surface area contributed by atoms with Gasteiger partial charge in [-0.2, -0.15) is 0 Å². The molecule has 2 fully saturated rings. The van der Waals surface area contributed by atoms with Gasteiger partial charge in [0, 0.05) is 25.5 Å². The van der Waals surface area contributed by atoms with E-state index in [1.807, 2.05) is 6.92 Å². The van der Waals surface area contributed by atoms with Crippen molar-refractivity contribution in [2.75, 3.05) is 19.8 Å². The van der Waals surface area contributed by atoms with Gasteiger partial charge in [0.25, 0.3) is 0 Å². The lowest BCUT2D eigenvalue weighted by Gasteiger charge is -2.21. The molecule has 4 heteroatoms. The molecule has 2 unspecified atom stereocenters. The standard InChI is InChI=1S/C11H19NO3/c1-8(9-2-3-9)10(13)12-6-11(14)4-5-15-7-11/h8-9,14H,2-7H2,1H3,(H,12,13). The Hall–Kier alpha value is -0.610. The number of rotatable bonds is 4. The van der Waals surface area contributed by atoms with Crippen molar-refractivity contribution in [3.8, 4) is 0 Å². The summed E-state index contributed by atoms with van der Waals surface area (Å²) >= 11 is 0. The predicted molar refractivity (Wildman–Crippen MR) is 55.3 cm³/mol. The summed E-state index contributed by atoms with van der Waals surface area (Å²) in [5.41, 5.74) is -0.834. The topological polar surface area (TPSA) is 58.6 Å². The quantitative estimate of drug-likeness (QED) is 0.706. The molecule has 0 radical (unpaired) electrons. The van der Waals surface area contributed by atoms with Crippen LogP contribution < -0.4 is 5.32 Å². The van der Waals surface area contributed by atoms with Gasteiger partial charge in [0.2, 0.25) is 5.91 Å². The maximum atomic E-state index is 11.7. The second-order valence-electron chi connectivity index (χ2n) is 4.87. The zero-order valence-corrected chi connectivity index (χ0v) is 9.16. The molecule has 0 aromatic rings. The van der Waals surface area contributed by atoms with E-state index < -0.39 is 5.60 Å². The molecule has 2 aliphatic rings. The van der Waals surface area contributed by atoms with Gasteiger partial charge in [0.05, 0.1) is 6.61 Å². The lowest BCUT2D eigenvalue weighted by atomic mass is 10.0. The van der Waals surface area contributed by atoms with Gasteiger partial charge in [-0.25, -0.2) is 0 Å². The fraction of sp³-hybridized carbons (Fsp3) is 0.909. The Morgan fingerprint density at radius 2 is 2.40 bits per heavy atom. The highest BCUT2D eigenvalue weighted by Crippen LogP contribution is 2.36. The molecule has 1 amide bonds. The molecular weight excluding hydrogens is 194 g/mol. The molecule has 15 heavy (non-hydrogen) atoms. The molecule has 1 saturated carbocycles. The van der Waals surface area contributed by atoms with Crippen LogP contribution in [0.1, 0.15) is 26.2 Å². The fourth-order valence-corrected chi connectivity index (χ4v) is 1.96. The van der Waals surface area contributed by atoms with Crippen molar-refractivity contribution in [2.24, 2.45) is 11.8 Å². The van der Waals surface area contributed by atoms with Crippen LogP contribution in [-0.4, -0.2) is 36.4 Å². The second kappa shape index (κ2) is 4.10. The molecule has 0 spiro atoms. The van der Waals surface area contributed by atoms with Crippen LogP contribution in [0.2, 0.25) is 0 Å². The molecule has 2 atom stereocenters. The van der Waals surface area contributed by atoms with Gasteiger partial charge in [-0.3, -0.25) is 4.79 Å². The summed E-state index contributed by atoms with van der Waals surface area (Å²) in [6.45, 7) is 3.21. The minimum absolute atomic E-state index is 0.0674. The molecule has 1 aliphatic carbocycles. The molecule has 86 valence electrons. The van der Waals surface area contributed by atoms with E-state index >= 15 is 0 Å². The smallest absolute Gasteiger partial charge is 0.223 e. The third-order valence-electron chi connectivity index (χ3n) is 3.42. The van der Waals surface area contributed by atoms with E-state index in [0.29, 0.717) is 32.1 Å². The Kier molecular flexibility index (Phi) is 2.98. The predicted octanol–water partition coefficient (Wildman–Crippen LogP) is 0.300. The van der Waals surface area contributed by atoms with Crippen molar-refractivity contribution in [1.82, 2.24) is 5.32 Å². The van der Waals surface area contributed by atoms with Gasteiger partial charge < -0.3 is 15.2 Å². The Balaban J connectivity index is 1.74. The zero-order valence-electron chi connectivity index (χ0n) is 9.16. The minimum Gasteiger partial charge on any atom is -0.386 e. The average molecular weight is 213 g/mol. The van der Waals surface area contributed by atoms with E-state index in [2.05, 4.69) is 5.32 Å². The monoisotopic (exact) mass is 213 g/mol. The van der Waals surface area contributed by atoms with Crippen molar-refractivity contribution < 1.29 is 14.6 Å². The normalized spacial score (nSPS) is 32.7. The molecular formula is C11H19NO3. The summed E-state index contributed by atoms with van der Waals surface area (Å²) in [5.74, 6) is 0.730. The van der Waals surface area contributed by atoms with E-state index in [-0.39, 0.29) is 11.8 Å². The average Bonchev–Trinajstić information content (AvgIpc) is 2.98. The van der Waals surface area contributed by atoms with Crippen LogP contribution in [0.5, 0.6) is 0 Å². The van der Waals surface area contributed by atoms with E-state index in [0.717, 1.165) is 0 Å². The van der Waals surface area contributed by atoms with Gasteiger partial charge in [0.15, 0.2) is 0 Å². The van der Waals surface area contributed by atoms with E-state index in [9.17, 15) is 9.90 Å². The number of carbonyl (C=O) groups excluding carboxylic acids is 1. The van der Waals surface area contributed by atoms with E-state index in [1.54, 1.807) is 0 Å². The molecule has 0 aromatic heterocycles. The minimum atomic E-state index is -0.834. The SMILES string of the molecule is CC(C(=O)NCC1(O)CCOC1)C1CC1. The zero-order chi connectivity index (χ0) is 10.9. The second-order valence-corrected chi connectivity index (χ2v) is 4.87. The van der Waals surface area contributed by atoms with Crippen molar-refractivity contribution in [3.05, 3.63) is 0 Å². The van der Waals surface area contributed by atoms with Crippen molar-refractivity contribution >= 4 is 5.91 Å². The van der Waals surface area contributed by atoms with Gasteiger partial charge >= 0.3 is 0 Å². The van der Waals surface area contributed by atoms with Gasteiger partial charge in [-0.05, 0) is 18.8 Å². The number of hydrogen-bond acceptors (Lipinski definition) is 3. The van der Waals surface area contributed by atoms with Crippen LogP contribution in [-0.2, 0) is 9.53 Å². The summed E-state index contributed by atoms with van der Waals surface area (Å²) < 4.78 is 5.11. The Morgan fingerprint density at radius 3 is 2.93 bits per heavy atom. The first-order valence-electron chi connectivity index (χ1n) is 5.69. The lowest BCUT2D eigenvalue weighted by molar-refractivity contribution is -0.126. The summed E-state index contributed by atoms with van der Waals surface area (Å²) in [6.07, 6.45) is 2.95. The van der Waals surface area contributed by atoms with Crippen LogP contribution >= 0.6 is 0 Å². The largest absolute Gasteiger partial charge is 0.386 e. The first kappa shape index (κ1) is 10.9. The lowest BCUT2D eigenvalue weighted by Crippen LogP contribution is -2.45. The third kappa shape index (κ3) is 2.69. The number of ether oxygens (including phenoxy) is 1. The van der Waals surface area contributed by atoms with Crippen molar-refractivity contribution in [2.45, 2.75) is 31.8 Å². The fourth-order valence-electron chi connectivity index (χ4n) is 1.96. The van der Waals surface area contributed by atoms with Crippen LogP contribution in [0.15, 0.2) is 0 Å². The molecule has 4 nitrogen and oxygen atoms in total. The van der Waals surface area contributed by atoms with Crippen molar-refractivity contribution in [3.63, 3.8) is 0 Å². The molecule has 1 saturated heterocycles. The molecule has 2 N–H and O–H groups in total. The first-order valence-corrected chi connectivity index (χ1v) is 5.69. The first-order chi connectivity index (χ1) is 7.11. The van der Waals surface area contributed by atoms with Gasteiger partial charge in [0.1, 0.15) is 5.60 Å². The molecule has 1 aliphatic heterocycles. The highest BCUT2D eigenvalue weighted by atomic mass is 16.5. The van der Waals surface area contributed by atoms with E-state index in [1.165, 1.54) is 12.8 Å². The van der Waals surface area contributed by atoms with Gasteiger partial charge in [-0.15, -0.1) is 0 Å². The van der Waals surface area contributed by atoms with Crippen molar-refractivity contribution in [1.29, 1.82) is 0 Å². The van der Waals surface area contributed by atoms with Crippen LogP contribution in [0.4, 0.5) is 0 Å². The maximum absolute atomic E-state index is 11.7. The number of carbonyl (C=O) groups is 1. The molecule has 0 aromatic carbocycles. The van der Waals surface area contributed by atoms with Crippen LogP contribution in [0.25, 0.3) is 0 Å². The third-order valence-corrected chi connectivity index (χ3v) is 3.42. The Bertz CT molecular complexity index is 244. The summed E-state index contributed by atoms with van der Waals surface area (Å²) in [7, 11) is 0. The highest BCUT2D eigenvalue weighted by molar-refractivity contribution is 5.78. The number of nitrogens with one attached hydrogen (secondary N) is 1. The maximum Gasteiger partial charge on any atom is 0.223 e. The highest BCUT2D eigenvalue weighted by Gasteiger charge is 2.36. The van der Waals surface area contributed by atoms with Gasteiger partial charge in [-0.1, -0.05) is 6.92 Å². The summed E-state index contributed by atoms with van der Waals surface area (Å²) in [6, 6.07) is 0. The van der Waals surface area contributed by atoms with Crippen LogP contribution in [0, 0.1) is 11.8 Å². The number of aliphatic hydroxyl groups is 1. The molecule has 1 heterocycles. The molecule has 2 rings (SSSR count). The summed E-state index contributed by atoms with van der Waals surface area (Å²) in [5, 5.41) is 12.8. The van der Waals surface area contributed by atoms with E-state index in [4.69, 9.17) is 4.74 Å². The van der Waals surface area contributed by atoms with Crippen LogP contribution in [0.3, 0.4) is 0 Å².